The molecule has 0 radical (unpaired) electrons. The average Bonchev–Trinajstić information content (AvgIpc) is 2.77. The predicted octanol–water partition coefficient (Wildman–Crippen LogP) is 1.84. The molecule has 0 aliphatic heterocycles. The fraction of sp³-hybridized carbons (Fsp3) is 0.786. The number of nitrogens with one attached hydrogen (secondary N) is 1. The van der Waals surface area contributed by atoms with Crippen molar-refractivity contribution in [3.63, 3.8) is 0 Å². The van der Waals surface area contributed by atoms with Crippen LogP contribution in [-0.2, 0) is 19.1 Å². The molecule has 1 fully saturated rings. The zero-order valence-corrected chi connectivity index (χ0v) is 12.7. The third kappa shape index (κ3) is 6.97. The highest BCUT2D eigenvalue weighted by Crippen LogP contribution is 2.21. The van der Waals surface area contributed by atoms with Gasteiger partial charge < -0.3 is 19.9 Å². The summed E-state index contributed by atoms with van der Waals surface area (Å²) in [7, 11) is 0. The number of carboxylic acids is 1. The third-order valence-corrected chi connectivity index (χ3v) is 2.96. The number of hydrogen-bond acceptors (Lipinski definition) is 5. The van der Waals surface area contributed by atoms with Crippen molar-refractivity contribution in [3.05, 3.63) is 0 Å². The Morgan fingerprint density at radius 3 is 2.29 bits per heavy atom. The number of esters is 1. The minimum absolute atomic E-state index is 0.131. The Morgan fingerprint density at radius 1 is 1.24 bits per heavy atom. The summed E-state index contributed by atoms with van der Waals surface area (Å²) < 4.78 is 10.1. The highest BCUT2D eigenvalue weighted by Gasteiger charge is 2.28. The van der Waals surface area contributed by atoms with Crippen LogP contribution in [0.2, 0.25) is 0 Å². The number of amides is 1. The molecule has 1 atom stereocenters. The molecule has 0 aromatic heterocycles. The highest BCUT2D eigenvalue weighted by atomic mass is 16.6. The van der Waals surface area contributed by atoms with E-state index in [0.717, 1.165) is 25.7 Å². The number of carboxylic acid groups (broad SMARTS) is 1. The van der Waals surface area contributed by atoms with Gasteiger partial charge in [-0.15, -0.1) is 0 Å². The molecular formula is C14H23NO6. The van der Waals surface area contributed by atoms with Crippen LogP contribution in [0.5, 0.6) is 0 Å². The van der Waals surface area contributed by atoms with E-state index in [0.29, 0.717) is 0 Å². The molecule has 1 saturated carbocycles. The van der Waals surface area contributed by atoms with Crippen molar-refractivity contribution in [2.45, 2.75) is 70.6 Å². The summed E-state index contributed by atoms with van der Waals surface area (Å²) in [5.41, 5.74) is -0.739. The van der Waals surface area contributed by atoms with Gasteiger partial charge in [-0.2, -0.15) is 0 Å². The molecule has 21 heavy (non-hydrogen) atoms. The van der Waals surface area contributed by atoms with Crippen LogP contribution < -0.4 is 5.32 Å². The van der Waals surface area contributed by atoms with Gasteiger partial charge in [0.2, 0.25) is 0 Å². The molecule has 2 N–H and O–H groups in total. The number of rotatable bonds is 5. The summed E-state index contributed by atoms with van der Waals surface area (Å²) in [5, 5.41) is 11.2. The van der Waals surface area contributed by atoms with Gasteiger partial charge in [0.15, 0.2) is 0 Å². The number of alkyl carbamates (subject to hydrolysis) is 1. The largest absolute Gasteiger partial charge is 0.480 e. The zero-order chi connectivity index (χ0) is 16.0. The van der Waals surface area contributed by atoms with Gasteiger partial charge in [-0.3, -0.25) is 4.79 Å². The Kier molecular flexibility index (Phi) is 5.99. The van der Waals surface area contributed by atoms with Crippen LogP contribution in [0.4, 0.5) is 4.79 Å². The Labute approximate surface area is 124 Å². The first kappa shape index (κ1) is 17.3. The van der Waals surface area contributed by atoms with Crippen molar-refractivity contribution in [2.75, 3.05) is 0 Å². The van der Waals surface area contributed by atoms with E-state index in [1.807, 2.05) is 0 Å². The van der Waals surface area contributed by atoms with Gasteiger partial charge in [-0.25, -0.2) is 9.59 Å². The first-order chi connectivity index (χ1) is 9.67. The van der Waals surface area contributed by atoms with Gasteiger partial charge in [0, 0.05) is 0 Å². The lowest BCUT2D eigenvalue weighted by molar-refractivity contribution is -0.153. The van der Waals surface area contributed by atoms with E-state index in [4.69, 9.17) is 14.6 Å². The van der Waals surface area contributed by atoms with Crippen LogP contribution in [0.25, 0.3) is 0 Å². The fourth-order valence-corrected chi connectivity index (χ4v) is 2.06. The van der Waals surface area contributed by atoms with Crippen LogP contribution in [-0.4, -0.2) is 40.9 Å². The molecule has 1 amide bonds. The summed E-state index contributed by atoms with van der Waals surface area (Å²) in [6.45, 7) is 4.99. The maximum atomic E-state index is 11.7. The summed E-state index contributed by atoms with van der Waals surface area (Å²) in [4.78, 5) is 34.3. The second-order valence-corrected chi connectivity index (χ2v) is 6.14. The topological polar surface area (TPSA) is 102 Å². The van der Waals surface area contributed by atoms with Crippen molar-refractivity contribution in [1.82, 2.24) is 5.32 Å². The second kappa shape index (κ2) is 7.28. The fourth-order valence-electron chi connectivity index (χ4n) is 2.06. The quantitative estimate of drug-likeness (QED) is 0.751. The molecule has 120 valence electrons. The molecule has 0 spiro atoms. The number of carbonyl (C=O) groups is 3. The van der Waals surface area contributed by atoms with Gasteiger partial charge >= 0.3 is 18.0 Å². The SMILES string of the molecule is CC(C)(C)OC(=O)N[C@@H](CC(=O)OC1CCCC1)C(=O)O. The number of carbonyl (C=O) groups excluding carboxylic acids is 2. The smallest absolute Gasteiger partial charge is 0.408 e. The van der Waals surface area contributed by atoms with Crippen LogP contribution in [0.15, 0.2) is 0 Å². The molecule has 0 aromatic carbocycles. The van der Waals surface area contributed by atoms with Gasteiger partial charge in [-0.1, -0.05) is 0 Å². The van der Waals surface area contributed by atoms with Crippen molar-refractivity contribution in [2.24, 2.45) is 0 Å². The Hall–Kier alpha value is -1.79. The number of ether oxygens (including phenoxy) is 2. The maximum Gasteiger partial charge on any atom is 0.408 e. The summed E-state index contributed by atoms with van der Waals surface area (Å²) >= 11 is 0. The molecule has 0 unspecified atom stereocenters. The first-order valence-corrected chi connectivity index (χ1v) is 7.09. The van der Waals surface area contributed by atoms with Gasteiger partial charge in [-0.05, 0) is 46.5 Å². The lowest BCUT2D eigenvalue weighted by Gasteiger charge is -2.22. The van der Waals surface area contributed by atoms with Crippen LogP contribution in [0.3, 0.4) is 0 Å². The molecule has 0 aromatic rings. The molecule has 1 rings (SSSR count). The molecule has 1 aliphatic carbocycles. The number of hydrogen-bond donors (Lipinski definition) is 2. The molecular weight excluding hydrogens is 278 g/mol. The average molecular weight is 301 g/mol. The molecule has 0 bridgehead atoms. The highest BCUT2D eigenvalue weighted by molar-refractivity contribution is 5.85. The maximum absolute atomic E-state index is 11.7. The van der Waals surface area contributed by atoms with E-state index in [2.05, 4.69) is 5.32 Å². The van der Waals surface area contributed by atoms with Crippen LogP contribution >= 0.6 is 0 Å². The van der Waals surface area contributed by atoms with Crippen molar-refractivity contribution >= 4 is 18.0 Å². The van der Waals surface area contributed by atoms with Crippen molar-refractivity contribution < 1.29 is 29.0 Å². The van der Waals surface area contributed by atoms with E-state index < -0.39 is 36.1 Å². The minimum Gasteiger partial charge on any atom is -0.480 e. The van der Waals surface area contributed by atoms with Gasteiger partial charge in [0.25, 0.3) is 0 Å². The Balaban J connectivity index is 2.47. The van der Waals surface area contributed by atoms with Crippen LogP contribution in [0.1, 0.15) is 52.9 Å². The molecule has 7 nitrogen and oxygen atoms in total. The molecule has 7 heteroatoms. The Bertz CT molecular complexity index is 395. The van der Waals surface area contributed by atoms with E-state index in [9.17, 15) is 14.4 Å². The molecule has 0 heterocycles. The van der Waals surface area contributed by atoms with Crippen LogP contribution in [0, 0.1) is 0 Å². The Morgan fingerprint density at radius 2 is 1.81 bits per heavy atom. The summed E-state index contributed by atoms with van der Waals surface area (Å²) in [6.07, 6.45) is 2.22. The van der Waals surface area contributed by atoms with Crippen molar-refractivity contribution in [1.29, 1.82) is 0 Å². The normalized spacial score (nSPS) is 17.1. The lowest BCUT2D eigenvalue weighted by atomic mass is 10.2. The number of aliphatic carboxylic acids is 1. The van der Waals surface area contributed by atoms with E-state index in [1.54, 1.807) is 20.8 Å². The van der Waals surface area contributed by atoms with Gasteiger partial charge in [0.1, 0.15) is 17.7 Å². The third-order valence-electron chi connectivity index (χ3n) is 2.96. The van der Waals surface area contributed by atoms with E-state index >= 15 is 0 Å². The zero-order valence-electron chi connectivity index (χ0n) is 12.7. The summed E-state index contributed by atoms with van der Waals surface area (Å²) in [6, 6.07) is -1.35. The van der Waals surface area contributed by atoms with Crippen molar-refractivity contribution in [3.8, 4) is 0 Å². The second-order valence-electron chi connectivity index (χ2n) is 6.14. The molecule has 0 saturated heterocycles. The first-order valence-electron chi connectivity index (χ1n) is 7.09. The van der Waals surface area contributed by atoms with Gasteiger partial charge in [0.05, 0.1) is 6.42 Å². The predicted molar refractivity (Wildman–Crippen MR) is 73.8 cm³/mol. The minimum atomic E-state index is -1.35. The van der Waals surface area contributed by atoms with E-state index in [-0.39, 0.29) is 6.10 Å². The molecule has 1 aliphatic rings. The summed E-state index contributed by atoms with van der Waals surface area (Å²) in [5.74, 6) is -1.92. The lowest BCUT2D eigenvalue weighted by Crippen LogP contribution is -2.45. The standard InChI is InChI=1S/C14H23NO6/c1-14(2,3)21-13(19)15-10(12(17)18)8-11(16)20-9-6-4-5-7-9/h9-10H,4-8H2,1-3H3,(H,15,19)(H,17,18)/t10-/m0/s1. The monoisotopic (exact) mass is 301 g/mol. The van der Waals surface area contributed by atoms with E-state index in [1.165, 1.54) is 0 Å².